The summed E-state index contributed by atoms with van der Waals surface area (Å²) in [7, 11) is 0. The first-order valence-electron chi connectivity index (χ1n) is 5.39. The summed E-state index contributed by atoms with van der Waals surface area (Å²) in [6.07, 6.45) is 4.73. The van der Waals surface area contributed by atoms with Crippen molar-refractivity contribution in [1.29, 1.82) is 0 Å². The molecule has 0 unspecified atom stereocenters. The highest BCUT2D eigenvalue weighted by atomic mass is 19.1. The van der Waals surface area contributed by atoms with Crippen LogP contribution in [0.5, 0.6) is 0 Å². The van der Waals surface area contributed by atoms with Crippen LogP contribution in [0.2, 0.25) is 0 Å². The number of hydrogen-bond donors (Lipinski definition) is 2. The summed E-state index contributed by atoms with van der Waals surface area (Å²) in [5, 5.41) is 3.07. The van der Waals surface area contributed by atoms with Crippen molar-refractivity contribution in [1.82, 2.24) is 19.9 Å². The molecule has 16 heavy (non-hydrogen) atoms. The zero-order valence-corrected chi connectivity index (χ0v) is 8.65. The van der Waals surface area contributed by atoms with Gasteiger partial charge in [-0.1, -0.05) is 0 Å². The Kier molecular flexibility index (Phi) is 2.19. The summed E-state index contributed by atoms with van der Waals surface area (Å²) in [5.41, 5.74) is 1.37. The topological polar surface area (TPSA) is 66.5 Å². The Balaban J connectivity index is 1.83. The molecule has 3 rings (SSSR count). The Morgan fingerprint density at radius 2 is 2.38 bits per heavy atom. The fraction of sp³-hybridized carbons (Fsp3) is 0.500. The molecule has 0 radical (unpaired) electrons. The Morgan fingerprint density at radius 1 is 1.44 bits per heavy atom. The molecule has 1 aliphatic carbocycles. The summed E-state index contributed by atoms with van der Waals surface area (Å²) in [6.45, 7) is 0. The third-order valence-electron chi connectivity index (χ3n) is 2.92. The van der Waals surface area contributed by atoms with Crippen LogP contribution in [0.3, 0.4) is 0 Å². The molecule has 1 aliphatic rings. The monoisotopic (exact) mass is 221 g/mol. The van der Waals surface area contributed by atoms with Gasteiger partial charge in [0.1, 0.15) is 18.0 Å². The summed E-state index contributed by atoms with van der Waals surface area (Å²) in [4.78, 5) is 15.2. The Labute approximate surface area is 91.5 Å². The zero-order valence-electron chi connectivity index (χ0n) is 8.65. The molecule has 2 atom stereocenters. The van der Waals surface area contributed by atoms with E-state index in [1.807, 2.05) is 0 Å². The van der Waals surface area contributed by atoms with Crippen molar-refractivity contribution in [3.05, 3.63) is 12.5 Å². The quantitative estimate of drug-likeness (QED) is 0.809. The van der Waals surface area contributed by atoms with Gasteiger partial charge in [0.15, 0.2) is 5.65 Å². The number of nitrogens with one attached hydrogen (secondary N) is 2. The lowest BCUT2D eigenvalue weighted by atomic mass is 10.2. The third kappa shape index (κ3) is 1.60. The molecular formula is C10H12FN5. The van der Waals surface area contributed by atoms with Crippen molar-refractivity contribution in [2.24, 2.45) is 0 Å². The van der Waals surface area contributed by atoms with E-state index in [0.717, 1.165) is 12.8 Å². The number of nitrogens with zero attached hydrogens (tertiary/aromatic N) is 3. The van der Waals surface area contributed by atoms with Crippen LogP contribution in [0.1, 0.15) is 19.3 Å². The minimum atomic E-state index is -0.778. The van der Waals surface area contributed by atoms with Gasteiger partial charge < -0.3 is 10.3 Å². The SMILES string of the molecule is F[C@@H]1CCC[C@H]1Nc1nc2cncnc2[nH]1. The number of anilines is 1. The molecule has 1 fully saturated rings. The highest BCUT2D eigenvalue weighted by Gasteiger charge is 2.27. The summed E-state index contributed by atoms with van der Waals surface area (Å²) in [5.74, 6) is 0.574. The van der Waals surface area contributed by atoms with Crippen molar-refractivity contribution >= 4 is 17.1 Å². The molecule has 2 N–H and O–H groups in total. The van der Waals surface area contributed by atoms with Crippen molar-refractivity contribution in [2.75, 3.05) is 5.32 Å². The Hall–Kier alpha value is -1.72. The maximum absolute atomic E-state index is 13.4. The van der Waals surface area contributed by atoms with Gasteiger partial charge in [0.05, 0.1) is 12.2 Å². The largest absolute Gasteiger partial charge is 0.350 e. The van der Waals surface area contributed by atoms with Crippen LogP contribution in [-0.2, 0) is 0 Å². The van der Waals surface area contributed by atoms with Crippen molar-refractivity contribution in [3.63, 3.8) is 0 Å². The Morgan fingerprint density at radius 3 is 3.12 bits per heavy atom. The van der Waals surface area contributed by atoms with E-state index in [0.29, 0.717) is 23.5 Å². The molecule has 2 aromatic heterocycles. The van der Waals surface area contributed by atoms with Gasteiger partial charge in [-0.3, -0.25) is 0 Å². The van der Waals surface area contributed by atoms with E-state index in [4.69, 9.17) is 0 Å². The smallest absolute Gasteiger partial charge is 0.202 e. The predicted octanol–water partition coefficient (Wildman–Crippen LogP) is 1.66. The first-order valence-corrected chi connectivity index (χ1v) is 5.39. The summed E-state index contributed by atoms with van der Waals surface area (Å²) >= 11 is 0. The van der Waals surface area contributed by atoms with Gasteiger partial charge in [-0.15, -0.1) is 0 Å². The number of halogens is 1. The van der Waals surface area contributed by atoms with Crippen molar-refractivity contribution < 1.29 is 4.39 Å². The second-order valence-electron chi connectivity index (χ2n) is 4.04. The number of alkyl halides is 1. The number of imidazole rings is 1. The van der Waals surface area contributed by atoms with E-state index in [-0.39, 0.29) is 6.04 Å². The highest BCUT2D eigenvalue weighted by Crippen LogP contribution is 2.24. The maximum Gasteiger partial charge on any atom is 0.202 e. The first-order chi connectivity index (χ1) is 7.83. The number of hydrogen-bond acceptors (Lipinski definition) is 4. The zero-order chi connectivity index (χ0) is 11.0. The first kappa shape index (κ1) is 9.50. The van der Waals surface area contributed by atoms with Crippen LogP contribution in [0, 0.1) is 0 Å². The molecule has 0 bridgehead atoms. The number of H-pyrrole nitrogens is 1. The second-order valence-corrected chi connectivity index (χ2v) is 4.04. The average Bonchev–Trinajstić information content (AvgIpc) is 2.85. The molecule has 0 aliphatic heterocycles. The van der Waals surface area contributed by atoms with Crippen LogP contribution in [0.25, 0.3) is 11.2 Å². The van der Waals surface area contributed by atoms with E-state index < -0.39 is 6.17 Å². The van der Waals surface area contributed by atoms with Gasteiger partial charge in [0.25, 0.3) is 0 Å². The molecular weight excluding hydrogens is 209 g/mol. The van der Waals surface area contributed by atoms with Crippen molar-refractivity contribution in [3.8, 4) is 0 Å². The van der Waals surface area contributed by atoms with Crippen LogP contribution in [0.15, 0.2) is 12.5 Å². The lowest BCUT2D eigenvalue weighted by Crippen LogP contribution is -2.25. The van der Waals surface area contributed by atoms with E-state index in [1.54, 1.807) is 6.20 Å². The van der Waals surface area contributed by atoms with Gasteiger partial charge in [-0.05, 0) is 19.3 Å². The third-order valence-corrected chi connectivity index (χ3v) is 2.92. The molecule has 1 saturated carbocycles. The van der Waals surface area contributed by atoms with E-state index in [1.165, 1.54) is 6.33 Å². The standard InChI is InChI=1S/C10H12FN5/c11-6-2-1-3-7(6)14-10-15-8-4-12-5-13-9(8)16-10/h4-7H,1-3H2,(H2,12,13,14,15,16)/t6-,7-/m1/s1. The molecule has 84 valence electrons. The van der Waals surface area contributed by atoms with Gasteiger partial charge in [-0.25, -0.2) is 19.3 Å². The lowest BCUT2D eigenvalue weighted by molar-refractivity contribution is 0.323. The van der Waals surface area contributed by atoms with Crippen molar-refractivity contribution in [2.45, 2.75) is 31.5 Å². The molecule has 2 aromatic rings. The van der Waals surface area contributed by atoms with E-state index in [2.05, 4.69) is 25.3 Å². The van der Waals surface area contributed by atoms with E-state index in [9.17, 15) is 4.39 Å². The normalized spacial score (nSPS) is 25.1. The van der Waals surface area contributed by atoms with Crippen LogP contribution >= 0.6 is 0 Å². The lowest BCUT2D eigenvalue weighted by Gasteiger charge is -2.13. The molecule has 6 heteroatoms. The van der Waals surface area contributed by atoms with Gasteiger partial charge >= 0.3 is 0 Å². The van der Waals surface area contributed by atoms with E-state index >= 15 is 0 Å². The Bertz CT molecular complexity index is 464. The minimum Gasteiger partial charge on any atom is -0.350 e. The number of fused-ring (bicyclic) bond motifs is 1. The van der Waals surface area contributed by atoms with Gasteiger partial charge in [0, 0.05) is 0 Å². The minimum absolute atomic E-state index is 0.131. The molecule has 0 spiro atoms. The van der Waals surface area contributed by atoms with Gasteiger partial charge in [-0.2, -0.15) is 0 Å². The number of aromatic nitrogens is 4. The fourth-order valence-corrected chi connectivity index (χ4v) is 2.08. The molecule has 5 nitrogen and oxygen atoms in total. The average molecular weight is 221 g/mol. The molecule has 0 amide bonds. The highest BCUT2D eigenvalue weighted by molar-refractivity contribution is 5.71. The van der Waals surface area contributed by atoms with Gasteiger partial charge in [0.2, 0.25) is 5.95 Å². The maximum atomic E-state index is 13.4. The van der Waals surface area contributed by atoms with Crippen LogP contribution in [0.4, 0.5) is 10.3 Å². The molecule has 0 saturated heterocycles. The second kappa shape index (κ2) is 3.70. The fourth-order valence-electron chi connectivity index (χ4n) is 2.08. The summed E-state index contributed by atoms with van der Waals surface area (Å²) < 4.78 is 13.4. The molecule has 2 heterocycles. The van der Waals surface area contributed by atoms with Crippen LogP contribution in [-0.4, -0.2) is 32.1 Å². The predicted molar refractivity (Wildman–Crippen MR) is 57.8 cm³/mol. The number of rotatable bonds is 2. The molecule has 0 aromatic carbocycles. The summed E-state index contributed by atoms with van der Waals surface area (Å²) in [6, 6.07) is -0.131. The number of aromatic amines is 1. The van der Waals surface area contributed by atoms with Crippen LogP contribution < -0.4 is 5.32 Å².